The lowest BCUT2D eigenvalue weighted by Crippen LogP contribution is -2.67. The second-order valence-electron chi connectivity index (χ2n) is 19.5. The van der Waals surface area contributed by atoms with Crippen molar-refractivity contribution in [2.24, 2.45) is 62.1 Å². The minimum absolute atomic E-state index is 0.110. The van der Waals surface area contributed by atoms with Gasteiger partial charge in [0, 0.05) is 11.6 Å². The molecule has 1 aromatic heterocycles. The van der Waals surface area contributed by atoms with E-state index >= 15 is 0 Å². The molecule has 11 atom stereocenters. The van der Waals surface area contributed by atoms with Crippen molar-refractivity contribution >= 4 is 17.8 Å². The Morgan fingerprint density at radius 2 is 1.68 bits per heavy atom. The summed E-state index contributed by atoms with van der Waals surface area (Å²) in [5.74, 6) is 0.900. The molecule has 5 aliphatic rings. The smallest absolute Gasteiger partial charge is 0.309 e. The van der Waals surface area contributed by atoms with E-state index < -0.39 is 17.4 Å². The SMILES string of the molecule is C=C(C)[C@@H]1CC[C@]2(C(=O)NC(C)c3ccccn3)CC[C@]3(C)[C@H](CC[C@@H]4[C@@]5(C)CC[C@H](OC(=O)CC(C)(C)C(=O)O)C(C)(C)[C@@H]5CC[C@]43C)C12. The van der Waals surface area contributed by atoms with Gasteiger partial charge in [-0.25, -0.2) is 0 Å². The number of allylic oxidation sites excluding steroid dienone is 1. The molecule has 276 valence electrons. The highest BCUT2D eigenvalue weighted by atomic mass is 16.5. The van der Waals surface area contributed by atoms with Gasteiger partial charge in [-0.2, -0.15) is 0 Å². The van der Waals surface area contributed by atoms with Gasteiger partial charge in [0.1, 0.15) is 6.10 Å². The van der Waals surface area contributed by atoms with Crippen LogP contribution >= 0.6 is 0 Å². The molecule has 1 amide bonds. The largest absolute Gasteiger partial charge is 0.481 e. The van der Waals surface area contributed by atoms with Crippen LogP contribution in [0.25, 0.3) is 0 Å². The number of fused-ring (bicyclic) bond motifs is 7. The van der Waals surface area contributed by atoms with Crippen LogP contribution in [0.4, 0.5) is 0 Å². The minimum atomic E-state index is -1.15. The lowest BCUT2D eigenvalue weighted by atomic mass is 9.32. The van der Waals surface area contributed by atoms with Crippen molar-refractivity contribution in [2.45, 2.75) is 145 Å². The van der Waals surface area contributed by atoms with Crippen molar-refractivity contribution in [3.63, 3.8) is 0 Å². The molecule has 0 bridgehead atoms. The van der Waals surface area contributed by atoms with E-state index in [1.165, 1.54) is 12.0 Å². The predicted molar refractivity (Wildman–Crippen MR) is 196 cm³/mol. The number of ether oxygens (including phenoxy) is 1. The van der Waals surface area contributed by atoms with Crippen molar-refractivity contribution in [3.8, 4) is 0 Å². The van der Waals surface area contributed by atoms with Crippen molar-refractivity contribution in [2.75, 3.05) is 0 Å². The van der Waals surface area contributed by atoms with E-state index in [1.807, 2.05) is 18.2 Å². The Bertz CT molecular complexity index is 1520. The number of nitrogens with zero attached hydrogens (tertiary/aromatic N) is 1. The third-order valence-corrected chi connectivity index (χ3v) is 16.4. The summed E-state index contributed by atoms with van der Waals surface area (Å²) in [6, 6.07) is 5.77. The Kier molecular flexibility index (Phi) is 9.24. The quantitative estimate of drug-likeness (QED) is 0.208. The predicted octanol–water partition coefficient (Wildman–Crippen LogP) is 9.33. The van der Waals surface area contributed by atoms with Crippen molar-refractivity contribution in [1.29, 1.82) is 0 Å². The maximum atomic E-state index is 14.6. The zero-order chi connectivity index (χ0) is 36.7. The molecule has 5 saturated carbocycles. The molecule has 50 heavy (non-hydrogen) atoms. The monoisotopic (exact) mass is 688 g/mol. The van der Waals surface area contributed by atoms with E-state index in [2.05, 4.69) is 65.3 Å². The number of carboxylic acids is 1. The lowest BCUT2D eigenvalue weighted by Gasteiger charge is -2.72. The number of carbonyl (C=O) groups is 3. The molecule has 0 aromatic carbocycles. The summed E-state index contributed by atoms with van der Waals surface area (Å²) in [6.45, 7) is 24.3. The van der Waals surface area contributed by atoms with Crippen molar-refractivity contribution in [1.82, 2.24) is 10.3 Å². The molecular formula is C43H64N2O5. The van der Waals surface area contributed by atoms with E-state index in [0.29, 0.717) is 29.6 Å². The van der Waals surface area contributed by atoms with Gasteiger partial charge >= 0.3 is 11.9 Å². The number of amides is 1. The molecule has 5 fully saturated rings. The number of pyridine rings is 1. The molecular weight excluding hydrogens is 624 g/mol. The molecule has 1 aromatic rings. The van der Waals surface area contributed by atoms with Gasteiger partial charge in [0.05, 0.1) is 29.0 Å². The van der Waals surface area contributed by atoms with Crippen LogP contribution in [0, 0.1) is 62.1 Å². The first-order chi connectivity index (χ1) is 23.2. The van der Waals surface area contributed by atoms with E-state index in [1.54, 1.807) is 20.0 Å². The van der Waals surface area contributed by atoms with Gasteiger partial charge in [0.15, 0.2) is 0 Å². The molecule has 0 saturated heterocycles. The summed E-state index contributed by atoms with van der Waals surface area (Å²) in [7, 11) is 0. The lowest BCUT2D eigenvalue weighted by molar-refractivity contribution is -0.249. The highest BCUT2D eigenvalue weighted by molar-refractivity contribution is 5.84. The number of carboxylic acid groups (broad SMARTS) is 1. The molecule has 7 nitrogen and oxygen atoms in total. The second-order valence-corrected chi connectivity index (χ2v) is 19.5. The van der Waals surface area contributed by atoms with E-state index in [-0.39, 0.29) is 51.5 Å². The Morgan fingerprint density at radius 1 is 0.960 bits per heavy atom. The van der Waals surface area contributed by atoms with Crippen LogP contribution in [0.3, 0.4) is 0 Å². The molecule has 2 N–H and O–H groups in total. The van der Waals surface area contributed by atoms with Gasteiger partial charge in [-0.15, -0.1) is 0 Å². The van der Waals surface area contributed by atoms with E-state index in [9.17, 15) is 19.5 Å². The van der Waals surface area contributed by atoms with Crippen LogP contribution in [0.15, 0.2) is 36.5 Å². The molecule has 0 radical (unpaired) electrons. The van der Waals surface area contributed by atoms with Gasteiger partial charge in [0.2, 0.25) is 5.91 Å². The maximum Gasteiger partial charge on any atom is 0.309 e. The molecule has 5 aliphatic carbocycles. The summed E-state index contributed by atoms with van der Waals surface area (Å²) >= 11 is 0. The zero-order valence-corrected chi connectivity index (χ0v) is 32.4. The van der Waals surface area contributed by atoms with Gasteiger partial charge < -0.3 is 15.2 Å². The summed E-state index contributed by atoms with van der Waals surface area (Å²) in [5.41, 5.74) is 0.756. The Labute approximate surface area is 301 Å². The Morgan fingerprint density at radius 3 is 2.32 bits per heavy atom. The van der Waals surface area contributed by atoms with Crippen LogP contribution in [0.2, 0.25) is 0 Å². The van der Waals surface area contributed by atoms with Gasteiger partial charge in [-0.3, -0.25) is 19.4 Å². The van der Waals surface area contributed by atoms with Crippen LogP contribution in [-0.4, -0.2) is 34.0 Å². The standard InChI is InChI=1S/C43H64N2O5/c1-26(2)28-16-21-43(36(47)45-27(3)30-13-11-12-24-44-30)23-22-41(9)29(35(28)43)14-15-32-40(8)19-18-33(50-34(46)25-38(4,5)37(48)49)39(6,7)31(40)17-20-42(32,41)10/h11-13,24,27-29,31-33,35H,1,14-23,25H2,2-10H3,(H,45,47)(H,48,49)/t27?,28-,29+,31-,32+,33-,35?,40-,41+,42+,43-/m0/s1. The number of esters is 1. The van der Waals surface area contributed by atoms with Gasteiger partial charge in [-0.1, -0.05) is 52.8 Å². The summed E-state index contributed by atoms with van der Waals surface area (Å²) in [6.07, 6.45) is 11.8. The summed E-state index contributed by atoms with van der Waals surface area (Å²) in [5, 5.41) is 13.1. The number of aliphatic carboxylic acids is 1. The fraction of sp³-hybridized carbons (Fsp3) is 0.767. The number of rotatable bonds is 8. The van der Waals surface area contributed by atoms with E-state index in [0.717, 1.165) is 63.5 Å². The molecule has 1 heterocycles. The van der Waals surface area contributed by atoms with Crippen molar-refractivity contribution in [3.05, 3.63) is 42.2 Å². The van der Waals surface area contributed by atoms with Crippen LogP contribution < -0.4 is 5.32 Å². The molecule has 7 heteroatoms. The second kappa shape index (κ2) is 12.5. The summed E-state index contributed by atoms with van der Waals surface area (Å²) < 4.78 is 6.17. The maximum absolute atomic E-state index is 14.6. The normalized spacial score (nSPS) is 41.0. The highest BCUT2D eigenvalue weighted by Crippen LogP contribution is 2.77. The third kappa shape index (κ3) is 5.49. The molecule has 6 rings (SSSR count). The first-order valence-electron chi connectivity index (χ1n) is 19.5. The highest BCUT2D eigenvalue weighted by Gasteiger charge is 2.72. The van der Waals surface area contributed by atoms with Crippen molar-refractivity contribution < 1.29 is 24.2 Å². The van der Waals surface area contributed by atoms with Gasteiger partial charge in [-0.05, 0) is 150 Å². The number of carbonyl (C=O) groups excluding carboxylic acids is 2. The number of nitrogens with one attached hydrogen (secondary N) is 1. The Balaban J connectivity index is 1.26. The average Bonchev–Trinajstić information content (AvgIpc) is 3.44. The first-order valence-corrected chi connectivity index (χ1v) is 19.5. The molecule has 2 unspecified atom stereocenters. The Hall–Kier alpha value is -2.70. The zero-order valence-electron chi connectivity index (χ0n) is 32.4. The fourth-order valence-electron chi connectivity index (χ4n) is 13.4. The van der Waals surface area contributed by atoms with Crippen LogP contribution in [0.1, 0.15) is 145 Å². The molecule has 0 spiro atoms. The topological polar surface area (TPSA) is 106 Å². The van der Waals surface area contributed by atoms with E-state index in [4.69, 9.17) is 4.74 Å². The third-order valence-electron chi connectivity index (χ3n) is 16.4. The summed E-state index contributed by atoms with van der Waals surface area (Å²) in [4.78, 5) is 43.9. The van der Waals surface area contributed by atoms with Gasteiger partial charge in [0.25, 0.3) is 0 Å². The van der Waals surface area contributed by atoms with Crippen LogP contribution in [-0.2, 0) is 19.1 Å². The fourth-order valence-corrected chi connectivity index (χ4v) is 13.4. The number of aromatic nitrogens is 1. The number of hydrogen-bond acceptors (Lipinski definition) is 5. The minimum Gasteiger partial charge on any atom is -0.481 e. The number of hydrogen-bond donors (Lipinski definition) is 2. The van der Waals surface area contributed by atoms with Crippen LogP contribution in [0.5, 0.6) is 0 Å². The average molecular weight is 689 g/mol. The molecule has 0 aliphatic heterocycles. The first kappa shape index (κ1) is 37.1.